The van der Waals surface area contributed by atoms with Crippen LogP contribution in [0.15, 0.2) is 0 Å². The molecule has 0 aromatic rings. The molecule has 0 aromatic carbocycles. The van der Waals surface area contributed by atoms with Crippen molar-refractivity contribution in [3.8, 4) is 0 Å². The first-order valence-electron chi connectivity index (χ1n) is 4.71. The van der Waals surface area contributed by atoms with Crippen molar-refractivity contribution in [2.45, 2.75) is 18.4 Å². The molecular weight excluding hydrogens is 186 g/mol. The van der Waals surface area contributed by atoms with Crippen LogP contribution in [0.4, 0.5) is 0 Å². The number of hydrogen-bond donors (Lipinski definition) is 3. The van der Waals surface area contributed by atoms with Crippen molar-refractivity contribution in [2.24, 2.45) is 28.9 Å². The second-order valence-electron chi connectivity index (χ2n) is 4.80. The summed E-state index contributed by atoms with van der Waals surface area (Å²) in [7, 11) is 0. The van der Waals surface area contributed by atoms with Crippen molar-refractivity contribution >= 4 is 11.9 Å². The Morgan fingerprint density at radius 2 is 1.93 bits per heavy atom. The standard InChI is InChI=1S/C9H11NO4/c10-9(7(13)14)3-1-4-5(9)8(4,2-3)6(11)12/h3-5H,1-2,10H2,(H,11,12)(H,13,14)/t3?,4-,5+,8?,9+/m1/s1. The highest BCUT2D eigenvalue weighted by molar-refractivity contribution is 5.90. The van der Waals surface area contributed by atoms with Gasteiger partial charge in [-0.3, -0.25) is 9.59 Å². The van der Waals surface area contributed by atoms with Crippen LogP contribution in [0.5, 0.6) is 0 Å². The van der Waals surface area contributed by atoms with Gasteiger partial charge in [-0.25, -0.2) is 0 Å². The number of hydrogen-bond acceptors (Lipinski definition) is 3. The molecule has 4 aliphatic rings. The molecule has 0 radical (unpaired) electrons. The van der Waals surface area contributed by atoms with E-state index >= 15 is 0 Å². The normalized spacial score (nSPS) is 57.4. The van der Waals surface area contributed by atoms with E-state index in [1.165, 1.54) is 0 Å². The molecule has 14 heavy (non-hydrogen) atoms. The molecule has 5 heteroatoms. The summed E-state index contributed by atoms with van der Waals surface area (Å²) in [5.41, 5.74) is 3.79. The lowest BCUT2D eigenvalue weighted by Gasteiger charge is -2.22. The van der Waals surface area contributed by atoms with Gasteiger partial charge in [0, 0.05) is 5.92 Å². The van der Waals surface area contributed by atoms with E-state index in [0.717, 1.165) is 0 Å². The fourth-order valence-electron chi connectivity index (χ4n) is 4.00. The Hall–Kier alpha value is -1.10. The monoisotopic (exact) mass is 197 g/mol. The third kappa shape index (κ3) is 0.507. The van der Waals surface area contributed by atoms with Crippen LogP contribution >= 0.6 is 0 Å². The van der Waals surface area contributed by atoms with Gasteiger partial charge in [0.2, 0.25) is 0 Å². The molecule has 0 saturated heterocycles. The van der Waals surface area contributed by atoms with Gasteiger partial charge in [0.25, 0.3) is 0 Å². The highest BCUT2D eigenvalue weighted by Crippen LogP contribution is 2.81. The summed E-state index contributed by atoms with van der Waals surface area (Å²) < 4.78 is 0. The van der Waals surface area contributed by atoms with E-state index in [-0.39, 0.29) is 17.8 Å². The van der Waals surface area contributed by atoms with E-state index in [1.807, 2.05) is 0 Å². The topological polar surface area (TPSA) is 101 Å². The van der Waals surface area contributed by atoms with Crippen LogP contribution in [0, 0.1) is 23.2 Å². The zero-order valence-electron chi connectivity index (χ0n) is 7.43. The molecule has 0 aromatic heterocycles. The second-order valence-corrected chi connectivity index (χ2v) is 4.80. The lowest BCUT2D eigenvalue weighted by atomic mass is 9.90. The quantitative estimate of drug-likeness (QED) is 0.554. The molecule has 76 valence electrons. The van der Waals surface area contributed by atoms with E-state index in [1.54, 1.807) is 0 Å². The lowest BCUT2D eigenvalue weighted by molar-refractivity contribution is -0.145. The summed E-state index contributed by atoms with van der Waals surface area (Å²) in [6.07, 6.45) is 1.14. The van der Waals surface area contributed by atoms with Crippen molar-refractivity contribution in [1.29, 1.82) is 0 Å². The number of rotatable bonds is 2. The summed E-state index contributed by atoms with van der Waals surface area (Å²) in [4.78, 5) is 22.1. The maximum absolute atomic E-state index is 11.1. The zero-order valence-corrected chi connectivity index (χ0v) is 7.43. The van der Waals surface area contributed by atoms with Gasteiger partial charge in [-0.1, -0.05) is 0 Å². The molecule has 0 heterocycles. The van der Waals surface area contributed by atoms with Gasteiger partial charge in [0.15, 0.2) is 0 Å². The number of aliphatic carboxylic acids is 2. The first-order chi connectivity index (χ1) is 6.45. The average Bonchev–Trinajstić information content (AvgIpc) is 2.45. The van der Waals surface area contributed by atoms with Crippen molar-refractivity contribution in [3.05, 3.63) is 0 Å². The van der Waals surface area contributed by atoms with E-state index < -0.39 is 22.9 Å². The number of nitrogens with two attached hydrogens (primary N) is 1. The Labute approximate surface area is 79.9 Å². The molecule has 0 amide bonds. The van der Waals surface area contributed by atoms with Gasteiger partial charge >= 0.3 is 11.9 Å². The molecule has 0 spiro atoms. The molecule has 2 unspecified atom stereocenters. The van der Waals surface area contributed by atoms with Gasteiger partial charge in [-0.05, 0) is 24.7 Å². The van der Waals surface area contributed by atoms with E-state index in [0.29, 0.717) is 12.8 Å². The van der Waals surface area contributed by atoms with Gasteiger partial charge in [0.1, 0.15) is 5.54 Å². The summed E-state index contributed by atoms with van der Waals surface area (Å²) in [5.74, 6) is -2.33. The van der Waals surface area contributed by atoms with E-state index in [2.05, 4.69) is 0 Å². The average molecular weight is 197 g/mol. The Bertz CT molecular complexity index is 368. The molecule has 5 atom stereocenters. The van der Waals surface area contributed by atoms with Gasteiger partial charge in [-0.2, -0.15) is 0 Å². The third-order valence-corrected chi connectivity index (χ3v) is 4.59. The predicted molar refractivity (Wildman–Crippen MR) is 44.3 cm³/mol. The van der Waals surface area contributed by atoms with Crippen LogP contribution in [0.25, 0.3) is 0 Å². The van der Waals surface area contributed by atoms with Crippen LogP contribution in [0.1, 0.15) is 12.8 Å². The Morgan fingerprint density at radius 1 is 1.29 bits per heavy atom. The molecule has 0 aliphatic heterocycles. The molecule has 4 saturated carbocycles. The smallest absolute Gasteiger partial charge is 0.324 e. The van der Waals surface area contributed by atoms with E-state index in [9.17, 15) is 9.59 Å². The summed E-state index contributed by atoms with van der Waals surface area (Å²) >= 11 is 0. The maximum Gasteiger partial charge on any atom is 0.324 e. The Morgan fingerprint density at radius 3 is 2.21 bits per heavy atom. The zero-order chi connectivity index (χ0) is 10.3. The highest BCUT2D eigenvalue weighted by atomic mass is 16.4. The van der Waals surface area contributed by atoms with Crippen molar-refractivity contribution < 1.29 is 19.8 Å². The number of carboxylic acids is 2. The summed E-state index contributed by atoms with van der Waals surface area (Å²) in [6.45, 7) is 0. The molecular formula is C9H11NO4. The van der Waals surface area contributed by atoms with Crippen LogP contribution in [-0.2, 0) is 9.59 Å². The maximum atomic E-state index is 11.1. The number of carbonyl (C=O) groups is 2. The predicted octanol–water partition coefficient (Wildman–Crippen LogP) is -0.491. The second kappa shape index (κ2) is 1.82. The third-order valence-electron chi connectivity index (χ3n) is 4.59. The van der Waals surface area contributed by atoms with Gasteiger partial charge < -0.3 is 15.9 Å². The molecule has 4 N–H and O–H groups in total. The first-order valence-corrected chi connectivity index (χ1v) is 4.71. The van der Waals surface area contributed by atoms with Crippen molar-refractivity contribution in [1.82, 2.24) is 0 Å². The summed E-state index contributed by atoms with van der Waals surface area (Å²) in [6, 6.07) is 0. The molecule has 4 rings (SSSR count). The van der Waals surface area contributed by atoms with Crippen LogP contribution in [0.2, 0.25) is 0 Å². The molecule has 4 bridgehead atoms. The van der Waals surface area contributed by atoms with Crippen molar-refractivity contribution in [2.75, 3.05) is 0 Å². The van der Waals surface area contributed by atoms with Gasteiger partial charge in [-0.15, -0.1) is 0 Å². The SMILES string of the molecule is N[C@@]1(C(=O)O)C2C[C@@H]3[C@H]1C3(C(=O)O)C2. The fourth-order valence-corrected chi connectivity index (χ4v) is 4.00. The first kappa shape index (κ1) is 8.23. The summed E-state index contributed by atoms with van der Waals surface area (Å²) in [5, 5.41) is 18.1. The van der Waals surface area contributed by atoms with Gasteiger partial charge in [0.05, 0.1) is 5.41 Å². The minimum absolute atomic E-state index is 0.0195. The van der Waals surface area contributed by atoms with Crippen LogP contribution < -0.4 is 5.73 Å². The largest absolute Gasteiger partial charge is 0.481 e. The number of carboxylic acid groups (broad SMARTS) is 2. The molecule has 4 aliphatic carbocycles. The minimum atomic E-state index is -1.26. The minimum Gasteiger partial charge on any atom is -0.481 e. The highest BCUT2D eigenvalue weighted by Gasteiger charge is 2.88. The van der Waals surface area contributed by atoms with Crippen molar-refractivity contribution in [3.63, 3.8) is 0 Å². The molecule has 4 fully saturated rings. The lowest BCUT2D eigenvalue weighted by Crippen LogP contribution is -2.51. The van der Waals surface area contributed by atoms with Crippen LogP contribution in [-0.4, -0.2) is 27.7 Å². The Kier molecular flexibility index (Phi) is 1.07. The molecule has 5 nitrogen and oxygen atoms in total. The van der Waals surface area contributed by atoms with Crippen LogP contribution in [0.3, 0.4) is 0 Å². The Balaban J connectivity index is 2.06. The van der Waals surface area contributed by atoms with E-state index in [4.69, 9.17) is 15.9 Å². The fraction of sp³-hybridized carbons (Fsp3) is 0.778.